The molecule has 0 atom stereocenters. The van der Waals surface area contributed by atoms with Crippen molar-refractivity contribution in [3.63, 3.8) is 0 Å². The van der Waals surface area contributed by atoms with Crippen LogP contribution in [0, 0.1) is 0 Å². The number of aromatic nitrogens is 2. The third-order valence-electron chi connectivity index (χ3n) is 3.03. The first-order valence-electron chi connectivity index (χ1n) is 6.02. The van der Waals surface area contributed by atoms with Crippen molar-refractivity contribution >= 4 is 0 Å². The maximum atomic E-state index is 5.66. The molecule has 0 saturated carbocycles. The van der Waals surface area contributed by atoms with Gasteiger partial charge in [-0.3, -0.25) is 0 Å². The number of nitrogens with one attached hydrogen (secondary N) is 1. The van der Waals surface area contributed by atoms with Crippen molar-refractivity contribution in [1.82, 2.24) is 5.10 Å². The van der Waals surface area contributed by atoms with Crippen molar-refractivity contribution in [2.75, 3.05) is 6.61 Å². The zero-order chi connectivity index (χ0) is 10.8. The van der Waals surface area contributed by atoms with Gasteiger partial charge in [-0.1, -0.05) is 0 Å². The number of ether oxygens (including phenoxy) is 1. The fourth-order valence-corrected chi connectivity index (χ4v) is 2.35. The first kappa shape index (κ1) is 10.5. The predicted octanol–water partition coefficient (Wildman–Crippen LogP) is 2.16. The summed E-state index contributed by atoms with van der Waals surface area (Å²) in [7, 11) is 0. The lowest BCUT2D eigenvalue weighted by Crippen LogP contribution is -2.42. The molecule has 84 valence electrons. The van der Waals surface area contributed by atoms with Crippen LogP contribution in [0.1, 0.15) is 50.9 Å². The van der Waals surface area contributed by atoms with Gasteiger partial charge in [0.05, 0.1) is 12.2 Å². The summed E-state index contributed by atoms with van der Waals surface area (Å²) in [4.78, 5) is 0. The van der Waals surface area contributed by atoms with Crippen molar-refractivity contribution in [2.45, 2.75) is 52.5 Å². The summed E-state index contributed by atoms with van der Waals surface area (Å²) in [6.45, 7) is 7.20. The molecule has 1 aromatic rings. The molecule has 15 heavy (non-hydrogen) atoms. The summed E-state index contributed by atoms with van der Waals surface area (Å²) in [5.74, 6) is 1.00. The van der Waals surface area contributed by atoms with E-state index in [1.165, 1.54) is 36.9 Å². The molecule has 0 aliphatic heterocycles. The molecule has 1 N–H and O–H groups in total. The second-order valence-corrected chi connectivity index (χ2v) is 4.47. The molecule has 0 saturated heterocycles. The average molecular weight is 209 g/mol. The molecule has 0 fully saturated rings. The molecule has 0 spiro atoms. The van der Waals surface area contributed by atoms with Crippen LogP contribution in [0.4, 0.5) is 0 Å². The van der Waals surface area contributed by atoms with E-state index in [1.807, 2.05) is 6.92 Å². The van der Waals surface area contributed by atoms with Gasteiger partial charge in [0.2, 0.25) is 5.69 Å². The van der Waals surface area contributed by atoms with Crippen LogP contribution >= 0.6 is 0 Å². The van der Waals surface area contributed by atoms with Crippen LogP contribution in [0.3, 0.4) is 0 Å². The highest BCUT2D eigenvalue weighted by Gasteiger charge is 2.29. The van der Waals surface area contributed by atoms with Crippen LogP contribution in [0.2, 0.25) is 0 Å². The van der Waals surface area contributed by atoms with E-state index in [9.17, 15) is 0 Å². The quantitative estimate of drug-likeness (QED) is 0.759. The number of hydrogen-bond acceptors (Lipinski definition) is 1. The first-order valence-corrected chi connectivity index (χ1v) is 6.02. The van der Waals surface area contributed by atoms with Crippen LogP contribution < -0.4 is 9.42 Å². The zero-order valence-electron chi connectivity index (χ0n) is 9.97. The van der Waals surface area contributed by atoms with Crippen molar-refractivity contribution < 1.29 is 9.42 Å². The largest absolute Gasteiger partial charge is 0.476 e. The average Bonchev–Trinajstić information content (AvgIpc) is 2.59. The highest BCUT2D eigenvalue weighted by molar-refractivity contribution is 5.29. The van der Waals surface area contributed by atoms with Crippen LogP contribution in [-0.2, 0) is 12.8 Å². The highest BCUT2D eigenvalue weighted by atomic mass is 16.5. The Bertz CT molecular complexity index is 342. The van der Waals surface area contributed by atoms with Crippen LogP contribution in [0.15, 0.2) is 0 Å². The topological polar surface area (TPSA) is 28.9 Å². The molecule has 0 radical (unpaired) electrons. The van der Waals surface area contributed by atoms with Crippen LogP contribution in [0.25, 0.3) is 0 Å². The van der Waals surface area contributed by atoms with Crippen LogP contribution in [-0.4, -0.2) is 11.7 Å². The summed E-state index contributed by atoms with van der Waals surface area (Å²) in [6, 6.07) is 0.492. The Kier molecular flexibility index (Phi) is 2.98. The minimum atomic E-state index is 0.492. The van der Waals surface area contributed by atoms with E-state index in [0.717, 1.165) is 12.5 Å². The molecule has 1 heterocycles. The van der Waals surface area contributed by atoms with E-state index >= 15 is 0 Å². The van der Waals surface area contributed by atoms with Crippen molar-refractivity contribution in [2.24, 2.45) is 0 Å². The molecule has 0 aromatic carbocycles. The number of nitrogens with zero attached hydrogens (tertiary/aromatic N) is 1. The minimum absolute atomic E-state index is 0.492. The molecule has 0 bridgehead atoms. The molecular weight excluding hydrogens is 188 g/mol. The Hall–Kier alpha value is -0.990. The van der Waals surface area contributed by atoms with E-state index in [-0.39, 0.29) is 0 Å². The molecule has 1 aromatic heterocycles. The lowest BCUT2D eigenvalue weighted by Gasteiger charge is -2.08. The lowest BCUT2D eigenvalue weighted by atomic mass is 9.97. The molecule has 0 amide bonds. The van der Waals surface area contributed by atoms with Crippen molar-refractivity contribution in [3.8, 4) is 5.88 Å². The van der Waals surface area contributed by atoms with E-state index in [0.29, 0.717) is 6.04 Å². The van der Waals surface area contributed by atoms with Gasteiger partial charge in [0.25, 0.3) is 5.88 Å². The second-order valence-electron chi connectivity index (χ2n) is 4.47. The highest BCUT2D eigenvalue weighted by Crippen LogP contribution is 2.26. The van der Waals surface area contributed by atoms with Gasteiger partial charge in [-0.15, -0.1) is 9.78 Å². The molecular formula is C12H21N2O+. The molecule has 3 heteroatoms. The molecule has 2 rings (SSSR count). The van der Waals surface area contributed by atoms with Gasteiger partial charge in [0.1, 0.15) is 0 Å². The smallest absolute Gasteiger partial charge is 0.252 e. The second kappa shape index (κ2) is 4.25. The molecule has 3 nitrogen and oxygen atoms in total. The maximum Gasteiger partial charge on any atom is 0.252 e. The molecule has 0 unspecified atom stereocenters. The molecule has 1 aliphatic rings. The summed E-state index contributed by atoms with van der Waals surface area (Å²) in [5, 5.41) is 3.39. The van der Waals surface area contributed by atoms with Gasteiger partial charge in [0, 0.05) is 6.42 Å². The number of rotatable bonds is 3. The van der Waals surface area contributed by atoms with Gasteiger partial charge < -0.3 is 4.74 Å². The van der Waals surface area contributed by atoms with Gasteiger partial charge in [-0.2, -0.15) is 0 Å². The maximum absolute atomic E-state index is 5.66. The van der Waals surface area contributed by atoms with Crippen molar-refractivity contribution in [1.29, 1.82) is 0 Å². The SMILES string of the molecule is CCOc1[nH][n+](C(C)C)c2c1CCCC2. The number of aromatic amines is 1. The van der Waals surface area contributed by atoms with Gasteiger partial charge in [-0.05, 0) is 40.0 Å². The summed E-state index contributed by atoms with van der Waals surface area (Å²) in [6.07, 6.45) is 4.96. The lowest BCUT2D eigenvalue weighted by molar-refractivity contribution is -0.774. The number of H-pyrrole nitrogens is 1. The first-order chi connectivity index (χ1) is 7.24. The Morgan fingerprint density at radius 1 is 1.33 bits per heavy atom. The fraction of sp³-hybridized carbons (Fsp3) is 0.750. The van der Waals surface area contributed by atoms with E-state index in [1.54, 1.807) is 0 Å². The number of hydrogen-bond donors (Lipinski definition) is 1. The van der Waals surface area contributed by atoms with E-state index in [4.69, 9.17) is 4.74 Å². The van der Waals surface area contributed by atoms with Crippen LogP contribution in [0.5, 0.6) is 5.88 Å². The third-order valence-corrected chi connectivity index (χ3v) is 3.03. The van der Waals surface area contributed by atoms with Gasteiger partial charge >= 0.3 is 0 Å². The minimum Gasteiger partial charge on any atom is -0.476 e. The Morgan fingerprint density at radius 2 is 2.07 bits per heavy atom. The summed E-state index contributed by atoms with van der Waals surface area (Å²) in [5.41, 5.74) is 2.87. The summed E-state index contributed by atoms with van der Waals surface area (Å²) >= 11 is 0. The Morgan fingerprint density at radius 3 is 2.73 bits per heavy atom. The number of fused-ring (bicyclic) bond motifs is 1. The zero-order valence-corrected chi connectivity index (χ0v) is 9.97. The normalized spacial score (nSPS) is 15.5. The molecule has 1 aliphatic carbocycles. The van der Waals surface area contributed by atoms with Gasteiger partial charge in [0.15, 0.2) is 6.04 Å². The Labute approximate surface area is 91.4 Å². The van der Waals surface area contributed by atoms with Crippen molar-refractivity contribution in [3.05, 3.63) is 11.3 Å². The summed E-state index contributed by atoms with van der Waals surface area (Å²) < 4.78 is 7.92. The predicted molar refractivity (Wildman–Crippen MR) is 59.2 cm³/mol. The van der Waals surface area contributed by atoms with E-state index < -0.39 is 0 Å². The van der Waals surface area contributed by atoms with E-state index in [2.05, 4.69) is 23.6 Å². The standard InChI is InChI=1S/C12H20N2O/c1-4-15-12-10-7-5-6-8-11(10)14(13-12)9(2)3/h9H,4-8H2,1-3H3/p+1. The Balaban J connectivity index is 2.40. The van der Waals surface area contributed by atoms with Gasteiger partial charge in [-0.25, -0.2) is 0 Å². The monoisotopic (exact) mass is 209 g/mol. The third kappa shape index (κ3) is 1.87. The fourth-order valence-electron chi connectivity index (χ4n) is 2.35.